The molecular formula is C25H37N7O5. The predicted molar refractivity (Wildman–Crippen MR) is 135 cm³/mol. The highest BCUT2D eigenvalue weighted by molar-refractivity contribution is 5.95. The van der Waals surface area contributed by atoms with Gasteiger partial charge in [-0.3, -0.25) is 10.1 Å². The number of piperidine rings is 1. The van der Waals surface area contributed by atoms with E-state index in [9.17, 15) is 20.0 Å². The van der Waals surface area contributed by atoms with Gasteiger partial charge in [0.15, 0.2) is 5.69 Å². The number of likely N-dealkylation sites (tertiary alicyclic amines) is 1. The van der Waals surface area contributed by atoms with E-state index >= 15 is 0 Å². The topological polar surface area (TPSA) is 156 Å². The summed E-state index contributed by atoms with van der Waals surface area (Å²) in [5.74, 6) is -0.707. The first-order valence-corrected chi connectivity index (χ1v) is 13.2. The molecule has 1 unspecified atom stereocenters. The first-order chi connectivity index (χ1) is 17.9. The van der Waals surface area contributed by atoms with Crippen LogP contribution in [-0.2, 0) is 9.53 Å². The van der Waals surface area contributed by atoms with Gasteiger partial charge < -0.3 is 29.4 Å². The first kappa shape index (κ1) is 26.9. The van der Waals surface area contributed by atoms with Crippen LogP contribution in [-0.4, -0.2) is 95.7 Å². The first-order valence-electron chi connectivity index (χ1n) is 13.2. The van der Waals surface area contributed by atoms with Crippen molar-refractivity contribution in [1.82, 2.24) is 20.1 Å². The van der Waals surface area contributed by atoms with Crippen molar-refractivity contribution in [2.45, 2.75) is 62.9 Å². The van der Waals surface area contributed by atoms with Gasteiger partial charge in [-0.1, -0.05) is 32.1 Å². The second-order valence-electron chi connectivity index (χ2n) is 10.3. The molecule has 1 saturated carbocycles. The highest BCUT2D eigenvalue weighted by Gasteiger charge is 2.38. The summed E-state index contributed by atoms with van der Waals surface area (Å²) in [7, 11) is 2.01. The van der Waals surface area contributed by atoms with Gasteiger partial charge in [-0.25, -0.2) is 9.79 Å². The van der Waals surface area contributed by atoms with Crippen LogP contribution in [0.15, 0.2) is 15.7 Å². The molecule has 3 N–H and O–H groups in total. The number of aromatic nitrogens is 1. The fraction of sp³-hybridized carbons (Fsp3) is 0.720. The van der Waals surface area contributed by atoms with E-state index in [1.807, 2.05) is 11.9 Å². The number of nitriles is 1. The average Bonchev–Trinajstić information content (AvgIpc) is 3.39. The Morgan fingerprint density at radius 1 is 1.24 bits per heavy atom. The van der Waals surface area contributed by atoms with Crippen molar-refractivity contribution in [1.29, 1.82) is 5.26 Å². The van der Waals surface area contributed by atoms with Crippen LogP contribution in [0, 0.1) is 17.2 Å². The summed E-state index contributed by atoms with van der Waals surface area (Å²) in [4.78, 5) is 38.0. The number of morpholine rings is 1. The maximum atomic E-state index is 13.7. The molecule has 0 radical (unpaired) electrons. The van der Waals surface area contributed by atoms with Crippen LogP contribution in [0.2, 0.25) is 0 Å². The highest BCUT2D eigenvalue weighted by Crippen LogP contribution is 2.29. The molecule has 12 nitrogen and oxygen atoms in total. The van der Waals surface area contributed by atoms with E-state index < -0.39 is 17.6 Å². The largest absolute Gasteiger partial charge is 0.476 e. The molecule has 12 heteroatoms. The minimum atomic E-state index is -1.20. The smallest absolute Gasteiger partial charge is 0.357 e. The molecule has 3 fully saturated rings. The molecule has 3 heterocycles. The van der Waals surface area contributed by atoms with Gasteiger partial charge in [0.05, 0.1) is 19.3 Å². The van der Waals surface area contributed by atoms with Gasteiger partial charge in [0.25, 0.3) is 0 Å². The number of rotatable bonds is 7. The number of anilines is 1. The number of oxazole rings is 1. The van der Waals surface area contributed by atoms with Gasteiger partial charge in [-0.15, -0.1) is 0 Å². The van der Waals surface area contributed by atoms with Crippen LogP contribution in [0.5, 0.6) is 0 Å². The zero-order valence-corrected chi connectivity index (χ0v) is 21.4. The molecule has 3 aliphatic rings. The second-order valence-corrected chi connectivity index (χ2v) is 10.3. The molecule has 0 bridgehead atoms. The van der Waals surface area contributed by atoms with Crippen molar-refractivity contribution in [2.75, 3.05) is 51.8 Å². The molecule has 1 amide bonds. The maximum absolute atomic E-state index is 13.7. The van der Waals surface area contributed by atoms with Gasteiger partial charge in [0, 0.05) is 26.2 Å². The number of aliphatic imine (C=N–C) groups is 1. The van der Waals surface area contributed by atoms with Gasteiger partial charge in [0.1, 0.15) is 17.8 Å². The van der Waals surface area contributed by atoms with E-state index in [-0.39, 0.29) is 17.6 Å². The Bertz CT molecular complexity index is 999. The van der Waals surface area contributed by atoms with E-state index in [4.69, 9.17) is 14.1 Å². The second kappa shape index (κ2) is 12.4. The van der Waals surface area contributed by atoms with Crippen LogP contribution in [0.4, 0.5) is 6.01 Å². The average molecular weight is 516 g/mol. The number of carbonyl (C=O) groups is 2. The molecular weight excluding hydrogens is 478 g/mol. The molecule has 1 aromatic heterocycles. The standard InChI is InChI=1S/C25H37N7O5/c1-31-9-7-25(17-26,8-10-31)30-21(33)19(15-18-5-3-2-4-6-18)27-23(32-11-13-36-14-12-32)29-24-28-20(16-37-24)22(34)35/h16,18-19H,2-15H2,1H3,(H,30,33)(H,34,35)(H,27,28,29). The summed E-state index contributed by atoms with van der Waals surface area (Å²) in [5.41, 5.74) is -1.13. The van der Waals surface area contributed by atoms with E-state index in [1.54, 1.807) is 0 Å². The Balaban J connectivity index is 1.60. The van der Waals surface area contributed by atoms with Crippen molar-refractivity contribution in [3.63, 3.8) is 0 Å². The fourth-order valence-corrected chi connectivity index (χ4v) is 5.18. The number of aromatic carboxylic acids is 1. The normalized spacial score (nSPS) is 22.2. The zero-order chi connectivity index (χ0) is 26.3. The number of amides is 1. The Hall–Kier alpha value is -3.17. The number of nitrogens with one attached hydrogen (secondary N) is 2. The third-order valence-corrected chi connectivity index (χ3v) is 7.53. The van der Waals surface area contributed by atoms with Crippen LogP contribution >= 0.6 is 0 Å². The Labute approximate surface area is 217 Å². The lowest BCUT2D eigenvalue weighted by molar-refractivity contribution is -0.124. The van der Waals surface area contributed by atoms with Crippen molar-refractivity contribution < 1.29 is 23.8 Å². The SMILES string of the molecule is CN1CCC(C#N)(NC(=O)C(CC2CCCCC2)N=C(Nc2nc(C(=O)O)co2)N2CCOCC2)CC1. The summed E-state index contributed by atoms with van der Waals surface area (Å²) in [5, 5.41) is 25.3. The number of carboxylic acid groups (broad SMARTS) is 1. The number of carboxylic acids is 1. The molecule has 1 aliphatic carbocycles. The van der Waals surface area contributed by atoms with E-state index in [1.165, 1.54) is 6.42 Å². The number of hydrogen-bond acceptors (Lipinski definition) is 8. The number of ether oxygens (including phenoxy) is 1. The molecule has 37 heavy (non-hydrogen) atoms. The highest BCUT2D eigenvalue weighted by atomic mass is 16.5. The third-order valence-electron chi connectivity index (χ3n) is 7.53. The zero-order valence-electron chi connectivity index (χ0n) is 21.4. The molecule has 4 rings (SSSR count). The van der Waals surface area contributed by atoms with Crippen LogP contribution in [0.25, 0.3) is 0 Å². The molecule has 0 spiro atoms. The predicted octanol–water partition coefficient (Wildman–Crippen LogP) is 1.92. The quantitative estimate of drug-likeness (QED) is 0.362. The van der Waals surface area contributed by atoms with E-state index in [2.05, 4.69) is 26.6 Å². The lowest BCUT2D eigenvalue weighted by Gasteiger charge is -2.37. The van der Waals surface area contributed by atoms with Gasteiger partial charge in [-0.2, -0.15) is 10.2 Å². The lowest BCUT2D eigenvalue weighted by Crippen LogP contribution is -2.56. The van der Waals surface area contributed by atoms with Crippen LogP contribution in [0.3, 0.4) is 0 Å². The number of hydrogen-bond donors (Lipinski definition) is 3. The lowest BCUT2D eigenvalue weighted by atomic mass is 9.84. The van der Waals surface area contributed by atoms with Crippen molar-refractivity contribution in [3.8, 4) is 6.07 Å². The van der Waals surface area contributed by atoms with Gasteiger partial charge >= 0.3 is 12.0 Å². The molecule has 0 aromatic carbocycles. The van der Waals surface area contributed by atoms with Gasteiger partial charge in [0.2, 0.25) is 11.9 Å². The Morgan fingerprint density at radius 2 is 1.95 bits per heavy atom. The summed E-state index contributed by atoms with van der Waals surface area (Å²) >= 11 is 0. The summed E-state index contributed by atoms with van der Waals surface area (Å²) < 4.78 is 10.8. The number of guanidine groups is 1. The van der Waals surface area contributed by atoms with Crippen LogP contribution in [0.1, 0.15) is 61.9 Å². The molecule has 2 saturated heterocycles. The van der Waals surface area contributed by atoms with Gasteiger partial charge in [-0.05, 0) is 32.2 Å². The Kier molecular flexibility index (Phi) is 9.00. The van der Waals surface area contributed by atoms with Crippen molar-refractivity contribution in [2.24, 2.45) is 10.9 Å². The minimum absolute atomic E-state index is 0.0109. The van der Waals surface area contributed by atoms with Crippen molar-refractivity contribution in [3.05, 3.63) is 12.0 Å². The Morgan fingerprint density at radius 3 is 2.57 bits per heavy atom. The monoisotopic (exact) mass is 515 g/mol. The molecule has 202 valence electrons. The summed E-state index contributed by atoms with van der Waals surface area (Å²) in [6.45, 7) is 3.56. The third kappa shape index (κ3) is 7.20. The summed E-state index contributed by atoms with van der Waals surface area (Å²) in [6.07, 6.45) is 8.35. The maximum Gasteiger partial charge on any atom is 0.357 e. The van der Waals surface area contributed by atoms with Crippen molar-refractivity contribution >= 4 is 23.9 Å². The fourth-order valence-electron chi connectivity index (χ4n) is 5.18. The molecule has 2 aliphatic heterocycles. The van der Waals surface area contributed by atoms with E-state index in [0.29, 0.717) is 57.4 Å². The van der Waals surface area contributed by atoms with Crippen LogP contribution < -0.4 is 10.6 Å². The molecule has 1 aromatic rings. The minimum Gasteiger partial charge on any atom is -0.476 e. The van der Waals surface area contributed by atoms with E-state index in [0.717, 1.165) is 45.0 Å². The summed E-state index contributed by atoms with van der Waals surface area (Å²) in [6, 6.07) is 1.64. The number of nitrogens with zero attached hydrogens (tertiary/aromatic N) is 5. The molecule has 1 atom stereocenters. The number of carbonyl (C=O) groups excluding carboxylic acids is 1.